The lowest BCUT2D eigenvalue weighted by atomic mass is 10.2. The second-order valence-corrected chi connectivity index (χ2v) is 4.29. The standard InChI is InChI=1S/C13H25N3/c1-3-5-7-8-9-14-13-15-10-12-16(13)11-6-4-2/h10,12H,3-9,11H2,1-2H3,(H,14,15). The van der Waals surface area contributed by atoms with E-state index in [1.54, 1.807) is 0 Å². The fraction of sp³-hybridized carbons (Fsp3) is 0.769. The summed E-state index contributed by atoms with van der Waals surface area (Å²) in [6, 6.07) is 0. The molecule has 0 amide bonds. The van der Waals surface area contributed by atoms with E-state index in [0.29, 0.717) is 0 Å². The van der Waals surface area contributed by atoms with E-state index in [4.69, 9.17) is 0 Å². The Kier molecular flexibility index (Phi) is 6.70. The number of imidazole rings is 1. The molecule has 1 aromatic rings. The number of anilines is 1. The average molecular weight is 223 g/mol. The van der Waals surface area contributed by atoms with Crippen LogP contribution in [0, 0.1) is 0 Å². The fourth-order valence-electron chi connectivity index (χ4n) is 1.74. The molecule has 3 nitrogen and oxygen atoms in total. The van der Waals surface area contributed by atoms with E-state index in [2.05, 4.69) is 34.9 Å². The van der Waals surface area contributed by atoms with E-state index in [9.17, 15) is 0 Å². The Morgan fingerprint density at radius 2 is 1.94 bits per heavy atom. The average Bonchev–Trinajstić information content (AvgIpc) is 2.74. The summed E-state index contributed by atoms with van der Waals surface area (Å²) >= 11 is 0. The molecule has 1 heterocycles. The Labute approximate surface area is 99.3 Å². The van der Waals surface area contributed by atoms with Gasteiger partial charge in [-0.05, 0) is 12.8 Å². The number of unbranched alkanes of at least 4 members (excludes halogenated alkanes) is 4. The van der Waals surface area contributed by atoms with Gasteiger partial charge in [0.25, 0.3) is 0 Å². The first-order chi connectivity index (χ1) is 7.88. The van der Waals surface area contributed by atoms with Gasteiger partial charge in [0.05, 0.1) is 0 Å². The van der Waals surface area contributed by atoms with E-state index in [1.807, 2.05) is 6.20 Å². The van der Waals surface area contributed by atoms with Crippen molar-refractivity contribution in [3.63, 3.8) is 0 Å². The largest absolute Gasteiger partial charge is 0.356 e. The quantitative estimate of drug-likeness (QED) is 0.647. The Hall–Kier alpha value is -0.990. The SMILES string of the molecule is CCCCCCNc1nccn1CCCC. The number of rotatable bonds is 9. The summed E-state index contributed by atoms with van der Waals surface area (Å²) in [5, 5.41) is 3.41. The molecule has 92 valence electrons. The monoisotopic (exact) mass is 223 g/mol. The van der Waals surface area contributed by atoms with Crippen LogP contribution in [0.25, 0.3) is 0 Å². The molecule has 1 N–H and O–H groups in total. The minimum Gasteiger partial charge on any atom is -0.356 e. The van der Waals surface area contributed by atoms with Gasteiger partial charge in [-0.15, -0.1) is 0 Å². The summed E-state index contributed by atoms with van der Waals surface area (Å²) < 4.78 is 2.21. The summed E-state index contributed by atoms with van der Waals surface area (Å²) in [5.74, 6) is 1.03. The minimum atomic E-state index is 1.03. The normalized spacial score (nSPS) is 10.6. The van der Waals surface area contributed by atoms with E-state index in [-0.39, 0.29) is 0 Å². The number of nitrogens with one attached hydrogen (secondary N) is 1. The van der Waals surface area contributed by atoms with Crippen molar-refractivity contribution >= 4 is 5.95 Å². The van der Waals surface area contributed by atoms with Crippen LogP contribution in [-0.2, 0) is 6.54 Å². The van der Waals surface area contributed by atoms with Crippen molar-refractivity contribution in [3.8, 4) is 0 Å². The third-order valence-electron chi connectivity index (χ3n) is 2.78. The number of hydrogen-bond donors (Lipinski definition) is 1. The van der Waals surface area contributed by atoms with Gasteiger partial charge in [0.1, 0.15) is 0 Å². The molecular formula is C13H25N3. The van der Waals surface area contributed by atoms with Crippen molar-refractivity contribution < 1.29 is 0 Å². The Morgan fingerprint density at radius 3 is 2.69 bits per heavy atom. The van der Waals surface area contributed by atoms with Crippen molar-refractivity contribution in [1.82, 2.24) is 9.55 Å². The predicted octanol–water partition coefficient (Wildman–Crippen LogP) is 3.68. The van der Waals surface area contributed by atoms with Crippen LogP contribution < -0.4 is 5.32 Å². The molecule has 1 aromatic heterocycles. The van der Waals surface area contributed by atoms with E-state index >= 15 is 0 Å². The van der Waals surface area contributed by atoms with Crippen molar-refractivity contribution in [2.75, 3.05) is 11.9 Å². The van der Waals surface area contributed by atoms with E-state index in [0.717, 1.165) is 19.0 Å². The van der Waals surface area contributed by atoms with Crippen LogP contribution >= 0.6 is 0 Å². The third-order valence-corrected chi connectivity index (χ3v) is 2.78. The topological polar surface area (TPSA) is 29.9 Å². The molecule has 0 unspecified atom stereocenters. The first-order valence-electron chi connectivity index (χ1n) is 6.63. The molecule has 0 atom stereocenters. The molecule has 0 aliphatic carbocycles. The summed E-state index contributed by atoms with van der Waals surface area (Å²) in [5.41, 5.74) is 0. The number of aryl methyl sites for hydroxylation is 1. The van der Waals surface area contributed by atoms with Crippen LogP contribution in [0.1, 0.15) is 52.4 Å². The van der Waals surface area contributed by atoms with Gasteiger partial charge in [-0.25, -0.2) is 4.98 Å². The van der Waals surface area contributed by atoms with Crippen LogP contribution in [0.3, 0.4) is 0 Å². The van der Waals surface area contributed by atoms with Crippen LogP contribution in [0.5, 0.6) is 0 Å². The maximum absolute atomic E-state index is 4.34. The molecule has 0 aliphatic rings. The number of nitrogens with zero attached hydrogens (tertiary/aromatic N) is 2. The zero-order chi connectivity index (χ0) is 11.6. The highest BCUT2D eigenvalue weighted by atomic mass is 15.2. The zero-order valence-corrected chi connectivity index (χ0v) is 10.7. The van der Waals surface area contributed by atoms with Gasteiger partial charge in [0.2, 0.25) is 5.95 Å². The fourth-order valence-corrected chi connectivity index (χ4v) is 1.74. The minimum absolute atomic E-state index is 1.03. The van der Waals surface area contributed by atoms with Crippen LogP contribution in [-0.4, -0.2) is 16.1 Å². The molecule has 1 rings (SSSR count). The Bertz CT molecular complexity index is 268. The lowest BCUT2D eigenvalue weighted by Gasteiger charge is -2.08. The molecule has 0 aliphatic heterocycles. The molecular weight excluding hydrogens is 198 g/mol. The van der Waals surface area contributed by atoms with Crippen LogP contribution in [0.4, 0.5) is 5.95 Å². The third kappa shape index (κ3) is 4.69. The van der Waals surface area contributed by atoms with Crippen molar-refractivity contribution in [2.45, 2.75) is 58.9 Å². The van der Waals surface area contributed by atoms with Gasteiger partial charge < -0.3 is 9.88 Å². The molecule has 0 fully saturated rings. The summed E-state index contributed by atoms with van der Waals surface area (Å²) in [7, 11) is 0. The molecule has 16 heavy (non-hydrogen) atoms. The molecule has 0 radical (unpaired) electrons. The van der Waals surface area contributed by atoms with Gasteiger partial charge in [-0.2, -0.15) is 0 Å². The highest BCUT2D eigenvalue weighted by Crippen LogP contribution is 2.07. The van der Waals surface area contributed by atoms with Gasteiger partial charge >= 0.3 is 0 Å². The van der Waals surface area contributed by atoms with E-state index < -0.39 is 0 Å². The zero-order valence-electron chi connectivity index (χ0n) is 10.7. The summed E-state index contributed by atoms with van der Waals surface area (Å²) in [6.07, 6.45) is 11.6. The highest BCUT2D eigenvalue weighted by Gasteiger charge is 2.00. The smallest absolute Gasteiger partial charge is 0.202 e. The van der Waals surface area contributed by atoms with Gasteiger partial charge in [0, 0.05) is 25.5 Å². The number of aromatic nitrogens is 2. The molecule has 0 saturated heterocycles. The van der Waals surface area contributed by atoms with E-state index in [1.165, 1.54) is 38.5 Å². The summed E-state index contributed by atoms with van der Waals surface area (Å²) in [6.45, 7) is 6.58. The Balaban J connectivity index is 2.22. The molecule has 0 spiro atoms. The van der Waals surface area contributed by atoms with Gasteiger partial charge in [-0.1, -0.05) is 39.5 Å². The molecule has 0 aromatic carbocycles. The molecule has 0 saturated carbocycles. The second kappa shape index (κ2) is 8.20. The first kappa shape index (κ1) is 13.1. The second-order valence-electron chi connectivity index (χ2n) is 4.29. The Morgan fingerprint density at radius 1 is 1.12 bits per heavy atom. The number of hydrogen-bond acceptors (Lipinski definition) is 2. The maximum Gasteiger partial charge on any atom is 0.202 e. The van der Waals surface area contributed by atoms with Crippen LogP contribution in [0.15, 0.2) is 12.4 Å². The lowest BCUT2D eigenvalue weighted by molar-refractivity contribution is 0.630. The molecule has 0 bridgehead atoms. The molecule has 3 heteroatoms. The maximum atomic E-state index is 4.34. The van der Waals surface area contributed by atoms with Crippen LogP contribution in [0.2, 0.25) is 0 Å². The predicted molar refractivity (Wildman–Crippen MR) is 69.8 cm³/mol. The van der Waals surface area contributed by atoms with Gasteiger partial charge in [-0.3, -0.25) is 0 Å². The van der Waals surface area contributed by atoms with Crippen molar-refractivity contribution in [2.24, 2.45) is 0 Å². The van der Waals surface area contributed by atoms with Crippen molar-refractivity contribution in [3.05, 3.63) is 12.4 Å². The highest BCUT2D eigenvalue weighted by molar-refractivity contribution is 5.25. The lowest BCUT2D eigenvalue weighted by Crippen LogP contribution is -2.08. The van der Waals surface area contributed by atoms with Crippen molar-refractivity contribution in [1.29, 1.82) is 0 Å². The van der Waals surface area contributed by atoms with Gasteiger partial charge in [0.15, 0.2) is 0 Å². The first-order valence-corrected chi connectivity index (χ1v) is 6.63. The summed E-state index contributed by atoms with van der Waals surface area (Å²) in [4.78, 5) is 4.34.